The van der Waals surface area contributed by atoms with Crippen LogP contribution in [-0.2, 0) is 4.79 Å². The maximum atomic E-state index is 12.2. The molecule has 1 atom stereocenters. The van der Waals surface area contributed by atoms with E-state index in [9.17, 15) is 9.59 Å². The van der Waals surface area contributed by atoms with Crippen LogP contribution in [0.5, 0.6) is 0 Å². The summed E-state index contributed by atoms with van der Waals surface area (Å²) in [6.45, 7) is 2.67. The van der Waals surface area contributed by atoms with Crippen molar-refractivity contribution in [3.05, 3.63) is 35.4 Å². The molecule has 3 heteroatoms. The molecule has 1 fully saturated rings. The molecule has 2 rings (SSSR count). The molecule has 17 heavy (non-hydrogen) atoms. The third-order valence-electron chi connectivity index (χ3n) is 3.19. The largest absolute Gasteiger partial charge is 0.355 e. The Morgan fingerprint density at radius 2 is 1.94 bits per heavy atom. The van der Waals surface area contributed by atoms with Crippen LogP contribution in [0.1, 0.15) is 35.2 Å². The summed E-state index contributed by atoms with van der Waals surface area (Å²) in [5.41, 5.74) is 1.75. The first-order valence-corrected chi connectivity index (χ1v) is 6.07. The lowest BCUT2D eigenvalue weighted by Gasteiger charge is -2.11. The Balaban J connectivity index is 2.18. The average Bonchev–Trinajstić information content (AvgIpc) is 2.54. The second-order valence-electron chi connectivity index (χ2n) is 4.57. The first-order chi connectivity index (χ1) is 8.18. The Morgan fingerprint density at radius 1 is 1.24 bits per heavy atom. The number of nitrogens with one attached hydrogen (secondary N) is 1. The zero-order chi connectivity index (χ0) is 12.3. The van der Waals surface area contributed by atoms with Gasteiger partial charge in [-0.1, -0.05) is 36.2 Å². The summed E-state index contributed by atoms with van der Waals surface area (Å²) in [5, 5.41) is 2.80. The summed E-state index contributed by atoms with van der Waals surface area (Å²) in [6.07, 6.45) is 2.56. The molecule has 1 aliphatic rings. The maximum Gasteiger partial charge on any atom is 0.230 e. The second-order valence-corrected chi connectivity index (χ2v) is 4.57. The highest BCUT2D eigenvalue weighted by Crippen LogP contribution is 2.18. The molecule has 1 aromatic carbocycles. The van der Waals surface area contributed by atoms with E-state index >= 15 is 0 Å². The number of aryl methyl sites for hydroxylation is 1. The fraction of sp³-hybridized carbons (Fsp3) is 0.429. The van der Waals surface area contributed by atoms with Gasteiger partial charge in [-0.2, -0.15) is 0 Å². The Kier molecular flexibility index (Phi) is 3.57. The fourth-order valence-electron chi connectivity index (χ4n) is 2.11. The monoisotopic (exact) mass is 231 g/mol. The molecule has 0 radical (unpaired) electrons. The topological polar surface area (TPSA) is 46.2 Å². The number of Topliss-reactive ketones (excluding diaryl/α,β-unsaturated/α-hetero) is 1. The number of ketones is 1. The first kappa shape index (κ1) is 11.8. The molecule has 0 spiro atoms. The predicted molar refractivity (Wildman–Crippen MR) is 65.9 cm³/mol. The van der Waals surface area contributed by atoms with Crippen molar-refractivity contribution < 1.29 is 9.59 Å². The minimum atomic E-state index is -0.500. The highest BCUT2D eigenvalue weighted by Gasteiger charge is 2.28. The Labute approximate surface area is 101 Å². The maximum absolute atomic E-state index is 12.2. The molecule has 1 unspecified atom stereocenters. The SMILES string of the molecule is Cc1ccc(C(=O)C2CCCCNC2=O)cc1. The number of carbonyl (C=O) groups is 2. The van der Waals surface area contributed by atoms with Crippen molar-refractivity contribution in [1.29, 1.82) is 0 Å². The number of hydrogen-bond acceptors (Lipinski definition) is 2. The zero-order valence-electron chi connectivity index (χ0n) is 10.0. The quantitative estimate of drug-likeness (QED) is 0.625. The van der Waals surface area contributed by atoms with Crippen molar-refractivity contribution >= 4 is 11.7 Å². The lowest BCUT2D eigenvalue weighted by molar-refractivity contribution is -0.123. The molecule has 1 saturated heterocycles. The van der Waals surface area contributed by atoms with Crippen LogP contribution in [0.25, 0.3) is 0 Å². The molecule has 1 N–H and O–H groups in total. The normalized spacial score (nSPS) is 20.5. The van der Waals surface area contributed by atoms with E-state index in [1.807, 2.05) is 19.1 Å². The molecular weight excluding hydrogens is 214 g/mol. The van der Waals surface area contributed by atoms with Gasteiger partial charge in [0.05, 0.1) is 0 Å². The van der Waals surface area contributed by atoms with Crippen LogP contribution in [0.3, 0.4) is 0 Å². The smallest absolute Gasteiger partial charge is 0.230 e. The van der Waals surface area contributed by atoms with Gasteiger partial charge in [-0.15, -0.1) is 0 Å². The molecular formula is C14H17NO2. The molecule has 1 aliphatic heterocycles. The lowest BCUT2D eigenvalue weighted by Crippen LogP contribution is -2.33. The molecule has 1 heterocycles. The van der Waals surface area contributed by atoms with E-state index in [2.05, 4.69) is 5.32 Å². The number of benzene rings is 1. The van der Waals surface area contributed by atoms with Gasteiger partial charge in [0, 0.05) is 12.1 Å². The fourth-order valence-corrected chi connectivity index (χ4v) is 2.11. The zero-order valence-corrected chi connectivity index (χ0v) is 10.0. The van der Waals surface area contributed by atoms with Gasteiger partial charge < -0.3 is 5.32 Å². The van der Waals surface area contributed by atoms with Crippen molar-refractivity contribution in [2.24, 2.45) is 5.92 Å². The highest BCUT2D eigenvalue weighted by atomic mass is 16.2. The molecule has 90 valence electrons. The van der Waals surface area contributed by atoms with Gasteiger partial charge in [-0.05, 0) is 19.8 Å². The third kappa shape index (κ3) is 2.73. The molecule has 0 bridgehead atoms. The van der Waals surface area contributed by atoms with Crippen LogP contribution in [0.15, 0.2) is 24.3 Å². The summed E-state index contributed by atoms with van der Waals surface area (Å²) in [6, 6.07) is 7.41. The van der Waals surface area contributed by atoms with Crippen molar-refractivity contribution in [1.82, 2.24) is 5.32 Å². The lowest BCUT2D eigenvalue weighted by atomic mass is 9.92. The van der Waals surface area contributed by atoms with E-state index in [0.29, 0.717) is 18.5 Å². The Morgan fingerprint density at radius 3 is 2.65 bits per heavy atom. The van der Waals surface area contributed by atoms with Gasteiger partial charge >= 0.3 is 0 Å². The van der Waals surface area contributed by atoms with E-state index in [-0.39, 0.29) is 11.7 Å². The third-order valence-corrected chi connectivity index (χ3v) is 3.19. The summed E-state index contributed by atoms with van der Waals surface area (Å²) >= 11 is 0. The van der Waals surface area contributed by atoms with Crippen molar-refractivity contribution in [3.8, 4) is 0 Å². The van der Waals surface area contributed by atoms with E-state index in [0.717, 1.165) is 18.4 Å². The van der Waals surface area contributed by atoms with Gasteiger partial charge in [0.1, 0.15) is 5.92 Å². The Hall–Kier alpha value is -1.64. The van der Waals surface area contributed by atoms with E-state index < -0.39 is 5.92 Å². The molecule has 0 aliphatic carbocycles. The summed E-state index contributed by atoms with van der Waals surface area (Å²) in [5.74, 6) is -0.669. The first-order valence-electron chi connectivity index (χ1n) is 6.07. The van der Waals surface area contributed by atoms with Gasteiger partial charge in [-0.25, -0.2) is 0 Å². The van der Waals surface area contributed by atoms with Gasteiger partial charge in [0.25, 0.3) is 0 Å². The molecule has 1 aromatic rings. The summed E-state index contributed by atoms with van der Waals surface area (Å²) < 4.78 is 0. The van der Waals surface area contributed by atoms with Crippen LogP contribution in [-0.4, -0.2) is 18.2 Å². The van der Waals surface area contributed by atoms with Crippen LogP contribution < -0.4 is 5.32 Å². The van der Waals surface area contributed by atoms with E-state index in [4.69, 9.17) is 0 Å². The van der Waals surface area contributed by atoms with Gasteiger partial charge in [0.15, 0.2) is 5.78 Å². The number of rotatable bonds is 2. The average molecular weight is 231 g/mol. The second kappa shape index (κ2) is 5.13. The Bertz CT molecular complexity index is 422. The number of hydrogen-bond donors (Lipinski definition) is 1. The minimum Gasteiger partial charge on any atom is -0.355 e. The number of amides is 1. The molecule has 1 amide bonds. The van der Waals surface area contributed by atoms with Gasteiger partial charge in [-0.3, -0.25) is 9.59 Å². The van der Waals surface area contributed by atoms with Crippen molar-refractivity contribution in [3.63, 3.8) is 0 Å². The number of carbonyl (C=O) groups excluding carboxylic acids is 2. The van der Waals surface area contributed by atoms with Crippen LogP contribution >= 0.6 is 0 Å². The molecule has 0 aromatic heterocycles. The highest BCUT2D eigenvalue weighted by molar-refractivity contribution is 6.10. The van der Waals surface area contributed by atoms with Crippen LogP contribution in [0, 0.1) is 12.8 Å². The molecule has 0 saturated carbocycles. The standard InChI is InChI=1S/C14H17NO2/c1-10-5-7-11(8-6-10)13(16)12-4-2-3-9-15-14(12)17/h5-8,12H,2-4,9H2,1H3,(H,15,17). The van der Waals surface area contributed by atoms with Crippen molar-refractivity contribution in [2.45, 2.75) is 26.2 Å². The van der Waals surface area contributed by atoms with E-state index in [1.165, 1.54) is 0 Å². The summed E-state index contributed by atoms with van der Waals surface area (Å²) in [4.78, 5) is 24.0. The predicted octanol–water partition coefficient (Wildman–Crippen LogP) is 2.09. The van der Waals surface area contributed by atoms with E-state index in [1.54, 1.807) is 12.1 Å². The van der Waals surface area contributed by atoms with Crippen molar-refractivity contribution in [2.75, 3.05) is 6.54 Å². The minimum absolute atomic E-state index is 0.0515. The van der Waals surface area contributed by atoms with Crippen LogP contribution in [0.4, 0.5) is 0 Å². The van der Waals surface area contributed by atoms with Crippen LogP contribution in [0.2, 0.25) is 0 Å². The molecule has 3 nitrogen and oxygen atoms in total. The summed E-state index contributed by atoms with van der Waals surface area (Å²) in [7, 11) is 0. The van der Waals surface area contributed by atoms with Gasteiger partial charge in [0.2, 0.25) is 5.91 Å².